The minimum atomic E-state index is -0.102. The van der Waals surface area contributed by atoms with E-state index in [1.54, 1.807) is 0 Å². The van der Waals surface area contributed by atoms with Gasteiger partial charge in [-0.2, -0.15) is 0 Å². The molecule has 2 N–H and O–H groups in total. The van der Waals surface area contributed by atoms with Gasteiger partial charge in [-0.05, 0) is 72.1 Å². The van der Waals surface area contributed by atoms with E-state index >= 15 is 0 Å². The van der Waals surface area contributed by atoms with Crippen molar-refractivity contribution in [3.05, 3.63) is 0 Å². The normalized spacial score (nSPS) is 19.9. The zero-order chi connectivity index (χ0) is 15.2. The van der Waals surface area contributed by atoms with Crippen molar-refractivity contribution in [2.24, 2.45) is 5.92 Å². The van der Waals surface area contributed by atoms with Crippen molar-refractivity contribution < 1.29 is 4.79 Å². The van der Waals surface area contributed by atoms with E-state index in [1.165, 1.54) is 12.8 Å². The molecule has 0 aromatic heterocycles. The largest absolute Gasteiger partial charge is 0.350 e. The third-order valence-electron chi connectivity index (χ3n) is 4.60. The molecule has 0 spiro atoms. The van der Waals surface area contributed by atoms with Crippen molar-refractivity contribution in [1.82, 2.24) is 15.5 Å². The fraction of sp³-hybridized carbons (Fsp3) is 0.938. The van der Waals surface area contributed by atoms with Crippen LogP contribution in [0.3, 0.4) is 0 Å². The van der Waals surface area contributed by atoms with Gasteiger partial charge in [0.25, 0.3) is 0 Å². The highest BCUT2D eigenvalue weighted by Gasteiger charge is 2.28. The van der Waals surface area contributed by atoms with Crippen LogP contribution in [0, 0.1) is 5.92 Å². The standard InChI is InChI=1S/C16H33N3O/c1-6-16(4,5)18-15(20)13(3)19-10-8-14(9-11-19)12-17-7-2/h13-14,17H,6-12H2,1-5H3,(H,18,20). The molecule has 1 atom stereocenters. The summed E-state index contributed by atoms with van der Waals surface area (Å²) >= 11 is 0. The number of rotatable bonds is 7. The molecule has 1 heterocycles. The summed E-state index contributed by atoms with van der Waals surface area (Å²) in [5, 5.41) is 6.58. The van der Waals surface area contributed by atoms with Crippen LogP contribution in [0.15, 0.2) is 0 Å². The molecule has 1 unspecified atom stereocenters. The lowest BCUT2D eigenvalue weighted by Gasteiger charge is -2.37. The maximum absolute atomic E-state index is 12.3. The van der Waals surface area contributed by atoms with Gasteiger partial charge >= 0.3 is 0 Å². The van der Waals surface area contributed by atoms with E-state index in [2.05, 4.69) is 43.2 Å². The van der Waals surface area contributed by atoms with E-state index in [9.17, 15) is 4.79 Å². The summed E-state index contributed by atoms with van der Waals surface area (Å²) in [5.41, 5.74) is -0.102. The Morgan fingerprint density at radius 2 is 1.90 bits per heavy atom. The quantitative estimate of drug-likeness (QED) is 0.751. The Bertz CT molecular complexity index is 296. The lowest BCUT2D eigenvalue weighted by atomic mass is 9.95. The second kappa shape index (κ2) is 7.99. The number of carbonyl (C=O) groups excluding carboxylic acids is 1. The average molecular weight is 283 g/mol. The third kappa shape index (κ3) is 5.41. The SMILES string of the molecule is CCNCC1CCN(C(C)C(=O)NC(C)(C)CC)CC1. The van der Waals surface area contributed by atoms with E-state index in [-0.39, 0.29) is 17.5 Å². The molecule has 1 aliphatic heterocycles. The molecule has 0 aliphatic carbocycles. The molecule has 1 saturated heterocycles. The van der Waals surface area contributed by atoms with Gasteiger partial charge in [-0.25, -0.2) is 0 Å². The zero-order valence-corrected chi connectivity index (χ0v) is 14.0. The first-order valence-corrected chi connectivity index (χ1v) is 8.16. The van der Waals surface area contributed by atoms with Crippen LogP contribution < -0.4 is 10.6 Å². The fourth-order valence-electron chi connectivity index (χ4n) is 2.58. The number of nitrogens with zero attached hydrogens (tertiary/aromatic N) is 1. The second-order valence-electron chi connectivity index (χ2n) is 6.69. The first kappa shape index (κ1) is 17.4. The van der Waals surface area contributed by atoms with Crippen molar-refractivity contribution in [1.29, 1.82) is 0 Å². The Morgan fingerprint density at radius 1 is 1.30 bits per heavy atom. The number of carbonyl (C=O) groups is 1. The highest BCUT2D eigenvalue weighted by molar-refractivity contribution is 5.82. The minimum Gasteiger partial charge on any atom is -0.350 e. The molecule has 1 fully saturated rings. The maximum Gasteiger partial charge on any atom is 0.237 e. The van der Waals surface area contributed by atoms with Gasteiger partial charge in [-0.1, -0.05) is 13.8 Å². The van der Waals surface area contributed by atoms with Gasteiger partial charge < -0.3 is 10.6 Å². The molecular formula is C16H33N3O. The number of piperidine rings is 1. The molecule has 118 valence electrons. The molecule has 0 saturated carbocycles. The summed E-state index contributed by atoms with van der Waals surface area (Å²) in [6.07, 6.45) is 3.35. The van der Waals surface area contributed by atoms with Crippen LogP contribution in [-0.4, -0.2) is 48.6 Å². The zero-order valence-electron chi connectivity index (χ0n) is 14.0. The number of hydrogen-bond donors (Lipinski definition) is 2. The van der Waals surface area contributed by atoms with Gasteiger partial charge in [0.15, 0.2) is 0 Å². The Hall–Kier alpha value is -0.610. The van der Waals surface area contributed by atoms with Crippen molar-refractivity contribution in [2.75, 3.05) is 26.2 Å². The number of likely N-dealkylation sites (tertiary alicyclic amines) is 1. The Morgan fingerprint density at radius 3 is 2.40 bits per heavy atom. The maximum atomic E-state index is 12.3. The van der Waals surface area contributed by atoms with Crippen LogP contribution in [-0.2, 0) is 4.79 Å². The predicted octanol–water partition coefficient (Wildman–Crippen LogP) is 2.00. The summed E-state index contributed by atoms with van der Waals surface area (Å²) in [6.45, 7) is 14.7. The summed E-state index contributed by atoms with van der Waals surface area (Å²) < 4.78 is 0. The molecular weight excluding hydrogens is 250 g/mol. The van der Waals surface area contributed by atoms with Crippen molar-refractivity contribution in [2.45, 2.75) is 65.5 Å². The Kier molecular flexibility index (Phi) is 6.96. The Balaban J connectivity index is 2.38. The average Bonchev–Trinajstić information content (AvgIpc) is 2.44. The predicted molar refractivity (Wildman–Crippen MR) is 84.8 cm³/mol. The first-order valence-electron chi connectivity index (χ1n) is 8.16. The van der Waals surface area contributed by atoms with E-state index in [0.29, 0.717) is 0 Å². The molecule has 0 aromatic carbocycles. The van der Waals surface area contributed by atoms with Crippen LogP contribution in [0.4, 0.5) is 0 Å². The second-order valence-corrected chi connectivity index (χ2v) is 6.69. The number of nitrogens with one attached hydrogen (secondary N) is 2. The van der Waals surface area contributed by atoms with E-state index in [4.69, 9.17) is 0 Å². The van der Waals surface area contributed by atoms with Crippen LogP contribution in [0.2, 0.25) is 0 Å². The van der Waals surface area contributed by atoms with Crippen molar-refractivity contribution >= 4 is 5.91 Å². The van der Waals surface area contributed by atoms with Crippen molar-refractivity contribution in [3.63, 3.8) is 0 Å². The summed E-state index contributed by atoms with van der Waals surface area (Å²) in [7, 11) is 0. The molecule has 0 aromatic rings. The van der Waals surface area contributed by atoms with E-state index < -0.39 is 0 Å². The Labute approximate surface area is 124 Å². The summed E-state index contributed by atoms with van der Waals surface area (Å²) in [6, 6.07) is -0.0130. The van der Waals surface area contributed by atoms with Crippen LogP contribution in [0.1, 0.15) is 53.9 Å². The van der Waals surface area contributed by atoms with Gasteiger partial charge in [0, 0.05) is 5.54 Å². The molecule has 4 nitrogen and oxygen atoms in total. The molecule has 1 aliphatic rings. The van der Waals surface area contributed by atoms with Gasteiger partial charge in [-0.15, -0.1) is 0 Å². The van der Waals surface area contributed by atoms with Gasteiger partial charge in [0.2, 0.25) is 5.91 Å². The highest BCUT2D eigenvalue weighted by Crippen LogP contribution is 2.19. The van der Waals surface area contributed by atoms with E-state index in [1.807, 2.05) is 6.92 Å². The van der Waals surface area contributed by atoms with Crippen molar-refractivity contribution in [3.8, 4) is 0 Å². The number of hydrogen-bond acceptors (Lipinski definition) is 3. The highest BCUT2D eigenvalue weighted by atomic mass is 16.2. The molecule has 0 bridgehead atoms. The van der Waals surface area contributed by atoms with Gasteiger partial charge in [0.1, 0.15) is 0 Å². The molecule has 1 amide bonds. The molecule has 1 rings (SSSR count). The first-order chi connectivity index (χ1) is 9.39. The lowest BCUT2D eigenvalue weighted by molar-refractivity contribution is -0.128. The minimum absolute atomic E-state index is 0.0130. The van der Waals surface area contributed by atoms with Gasteiger partial charge in [0.05, 0.1) is 6.04 Å². The number of amides is 1. The van der Waals surface area contributed by atoms with Crippen LogP contribution >= 0.6 is 0 Å². The molecule has 0 radical (unpaired) electrons. The molecule has 4 heteroatoms. The van der Waals surface area contributed by atoms with Crippen LogP contribution in [0.25, 0.3) is 0 Å². The fourth-order valence-corrected chi connectivity index (χ4v) is 2.58. The van der Waals surface area contributed by atoms with Crippen LogP contribution in [0.5, 0.6) is 0 Å². The van der Waals surface area contributed by atoms with Gasteiger partial charge in [-0.3, -0.25) is 9.69 Å². The van der Waals surface area contributed by atoms with E-state index in [0.717, 1.165) is 38.5 Å². The smallest absolute Gasteiger partial charge is 0.237 e. The lowest BCUT2D eigenvalue weighted by Crippen LogP contribution is -2.53. The topological polar surface area (TPSA) is 44.4 Å². The molecule has 20 heavy (non-hydrogen) atoms. The summed E-state index contributed by atoms with van der Waals surface area (Å²) in [4.78, 5) is 14.6. The monoisotopic (exact) mass is 283 g/mol. The third-order valence-corrected chi connectivity index (χ3v) is 4.60. The summed E-state index contributed by atoms with van der Waals surface area (Å²) in [5.74, 6) is 0.940.